The Hall–Kier alpha value is -1.72. The molecule has 0 amide bonds. The number of carbonyl (C=O) groups excluding carboxylic acids is 2. The smallest absolute Gasteiger partial charge is 0.360 e. The van der Waals surface area contributed by atoms with E-state index < -0.39 is 5.97 Å². The van der Waals surface area contributed by atoms with E-state index in [1.54, 1.807) is 6.92 Å². The average Bonchev–Trinajstić information content (AvgIpc) is 2.52. The summed E-state index contributed by atoms with van der Waals surface area (Å²) < 4.78 is 6.01. The zero-order valence-electron chi connectivity index (χ0n) is 8.06. The maximum atomic E-state index is 11.1. The summed E-state index contributed by atoms with van der Waals surface area (Å²) in [7, 11) is 0. The number of rotatable bonds is 4. The molecule has 14 heavy (non-hydrogen) atoms. The van der Waals surface area contributed by atoms with E-state index >= 15 is 0 Å². The molecule has 0 saturated carbocycles. The van der Waals surface area contributed by atoms with E-state index in [1.165, 1.54) is 17.8 Å². The summed E-state index contributed by atoms with van der Waals surface area (Å²) in [5, 5.41) is 7.18. The molecule has 0 fully saturated rings. The second kappa shape index (κ2) is 4.50. The van der Waals surface area contributed by atoms with Crippen LogP contribution in [0, 0.1) is 0 Å². The lowest BCUT2D eigenvalue weighted by Gasteiger charge is -1.95. The second-order valence-electron chi connectivity index (χ2n) is 2.72. The number of aromatic nitrogens is 3. The van der Waals surface area contributed by atoms with Crippen molar-refractivity contribution in [3.05, 3.63) is 11.9 Å². The SMILES string of the molecule is CCOC(=O)c1cn(CC(C)=O)nn1. The van der Waals surface area contributed by atoms with Gasteiger partial charge in [-0.15, -0.1) is 5.10 Å². The van der Waals surface area contributed by atoms with Crippen LogP contribution in [-0.4, -0.2) is 33.4 Å². The molecule has 1 aromatic heterocycles. The third-order valence-corrected chi connectivity index (χ3v) is 1.41. The van der Waals surface area contributed by atoms with Gasteiger partial charge < -0.3 is 4.74 Å². The molecule has 0 saturated heterocycles. The van der Waals surface area contributed by atoms with E-state index in [4.69, 9.17) is 4.74 Å². The maximum Gasteiger partial charge on any atom is 0.360 e. The van der Waals surface area contributed by atoms with Crippen molar-refractivity contribution in [3.63, 3.8) is 0 Å². The molecule has 6 nitrogen and oxygen atoms in total. The lowest BCUT2D eigenvalue weighted by atomic mass is 10.4. The van der Waals surface area contributed by atoms with Crippen molar-refractivity contribution >= 4 is 11.8 Å². The first-order valence-electron chi connectivity index (χ1n) is 4.20. The van der Waals surface area contributed by atoms with Crippen molar-refractivity contribution < 1.29 is 14.3 Å². The van der Waals surface area contributed by atoms with Gasteiger partial charge in [0.15, 0.2) is 11.5 Å². The standard InChI is InChI=1S/C8H11N3O3/c1-3-14-8(13)7-5-11(10-9-7)4-6(2)12/h5H,3-4H2,1-2H3. The molecule has 0 spiro atoms. The van der Waals surface area contributed by atoms with Crippen LogP contribution in [0.4, 0.5) is 0 Å². The van der Waals surface area contributed by atoms with Gasteiger partial charge in [0.1, 0.15) is 6.54 Å². The van der Waals surface area contributed by atoms with Crippen molar-refractivity contribution in [3.8, 4) is 0 Å². The zero-order valence-corrected chi connectivity index (χ0v) is 8.06. The van der Waals surface area contributed by atoms with Crippen LogP contribution in [0.25, 0.3) is 0 Å². The molecule has 1 aromatic rings. The summed E-state index contributed by atoms with van der Waals surface area (Å²) in [4.78, 5) is 21.8. The molecule has 1 rings (SSSR count). The molecule has 0 aliphatic heterocycles. The first-order valence-corrected chi connectivity index (χ1v) is 4.20. The lowest BCUT2D eigenvalue weighted by molar-refractivity contribution is -0.117. The summed E-state index contributed by atoms with van der Waals surface area (Å²) in [5.74, 6) is -0.576. The Morgan fingerprint density at radius 2 is 2.29 bits per heavy atom. The summed E-state index contributed by atoms with van der Waals surface area (Å²) in [6, 6.07) is 0. The maximum absolute atomic E-state index is 11.1. The van der Waals surface area contributed by atoms with E-state index in [9.17, 15) is 9.59 Å². The van der Waals surface area contributed by atoms with Crippen LogP contribution in [0.5, 0.6) is 0 Å². The van der Waals surface area contributed by atoms with Gasteiger partial charge in [-0.2, -0.15) is 0 Å². The predicted octanol–water partition coefficient (Wildman–Crippen LogP) is 0.0438. The van der Waals surface area contributed by atoms with Crippen LogP contribution >= 0.6 is 0 Å². The lowest BCUT2D eigenvalue weighted by Crippen LogP contribution is -2.07. The van der Waals surface area contributed by atoms with E-state index in [2.05, 4.69) is 10.3 Å². The predicted molar refractivity (Wildman–Crippen MR) is 46.7 cm³/mol. The fourth-order valence-corrected chi connectivity index (χ4v) is 0.902. The summed E-state index contributed by atoms with van der Waals surface area (Å²) >= 11 is 0. The van der Waals surface area contributed by atoms with E-state index in [1.807, 2.05) is 0 Å². The number of Topliss-reactive ketones (excluding diaryl/α,β-unsaturated/α-hetero) is 1. The Bertz CT molecular complexity index is 345. The molecule has 0 unspecified atom stereocenters. The quantitative estimate of drug-likeness (QED) is 0.637. The topological polar surface area (TPSA) is 74.1 Å². The van der Waals surface area contributed by atoms with Crippen molar-refractivity contribution in [2.45, 2.75) is 20.4 Å². The third kappa shape index (κ3) is 2.65. The van der Waals surface area contributed by atoms with Crippen LogP contribution in [0.3, 0.4) is 0 Å². The largest absolute Gasteiger partial charge is 0.461 e. The molecule has 0 bridgehead atoms. The highest BCUT2D eigenvalue weighted by Gasteiger charge is 2.11. The molecule has 0 aliphatic carbocycles. The zero-order chi connectivity index (χ0) is 10.6. The van der Waals surface area contributed by atoms with Gasteiger partial charge in [0.05, 0.1) is 12.8 Å². The van der Waals surface area contributed by atoms with E-state index in [0.29, 0.717) is 6.61 Å². The first kappa shape index (κ1) is 10.4. The molecule has 0 aromatic carbocycles. The number of esters is 1. The highest BCUT2D eigenvalue weighted by atomic mass is 16.5. The Kier molecular flexibility index (Phi) is 3.33. The number of hydrogen-bond donors (Lipinski definition) is 0. The number of carbonyl (C=O) groups is 2. The van der Waals surface area contributed by atoms with Gasteiger partial charge in [0, 0.05) is 0 Å². The summed E-state index contributed by atoms with van der Waals surface area (Å²) in [5.41, 5.74) is 0.119. The van der Waals surface area contributed by atoms with Gasteiger partial charge in [-0.1, -0.05) is 5.21 Å². The Balaban J connectivity index is 2.67. The Morgan fingerprint density at radius 1 is 1.57 bits per heavy atom. The Morgan fingerprint density at radius 3 is 2.86 bits per heavy atom. The fourth-order valence-electron chi connectivity index (χ4n) is 0.902. The van der Waals surface area contributed by atoms with Crippen molar-refractivity contribution in [1.29, 1.82) is 0 Å². The van der Waals surface area contributed by atoms with Crippen molar-refractivity contribution in [1.82, 2.24) is 15.0 Å². The molecule has 0 N–H and O–H groups in total. The molecule has 6 heteroatoms. The molecular weight excluding hydrogens is 186 g/mol. The van der Waals surface area contributed by atoms with Crippen LogP contribution in [0.15, 0.2) is 6.20 Å². The van der Waals surface area contributed by atoms with E-state index in [0.717, 1.165) is 0 Å². The third-order valence-electron chi connectivity index (χ3n) is 1.41. The van der Waals surface area contributed by atoms with Crippen LogP contribution in [-0.2, 0) is 16.1 Å². The Labute approximate surface area is 80.9 Å². The van der Waals surface area contributed by atoms with Gasteiger partial charge in [0.25, 0.3) is 0 Å². The van der Waals surface area contributed by atoms with Crippen molar-refractivity contribution in [2.24, 2.45) is 0 Å². The number of ether oxygens (including phenoxy) is 1. The minimum absolute atomic E-state index is 0.0506. The number of ketones is 1. The van der Waals surface area contributed by atoms with Gasteiger partial charge in [-0.3, -0.25) is 4.79 Å². The van der Waals surface area contributed by atoms with Gasteiger partial charge in [0.2, 0.25) is 0 Å². The number of hydrogen-bond acceptors (Lipinski definition) is 5. The monoisotopic (exact) mass is 197 g/mol. The molecule has 76 valence electrons. The van der Waals surface area contributed by atoms with Gasteiger partial charge in [-0.05, 0) is 13.8 Å². The van der Waals surface area contributed by atoms with Crippen LogP contribution in [0.1, 0.15) is 24.3 Å². The molecule has 1 heterocycles. The van der Waals surface area contributed by atoms with Crippen LogP contribution in [0.2, 0.25) is 0 Å². The minimum atomic E-state index is -0.526. The summed E-state index contributed by atoms with van der Waals surface area (Å²) in [6.45, 7) is 3.55. The highest BCUT2D eigenvalue weighted by molar-refractivity contribution is 5.86. The summed E-state index contributed by atoms with van der Waals surface area (Å²) in [6.07, 6.45) is 1.39. The number of nitrogens with zero attached hydrogens (tertiary/aromatic N) is 3. The minimum Gasteiger partial charge on any atom is -0.461 e. The average molecular weight is 197 g/mol. The normalized spacial score (nSPS) is 9.86. The molecule has 0 radical (unpaired) electrons. The molecular formula is C8H11N3O3. The van der Waals surface area contributed by atoms with Gasteiger partial charge in [-0.25, -0.2) is 9.48 Å². The van der Waals surface area contributed by atoms with Crippen molar-refractivity contribution in [2.75, 3.05) is 6.61 Å². The molecule has 0 aliphatic rings. The molecule has 0 atom stereocenters. The highest BCUT2D eigenvalue weighted by Crippen LogP contribution is 1.96. The first-order chi connectivity index (χ1) is 6.63. The second-order valence-corrected chi connectivity index (χ2v) is 2.72. The van der Waals surface area contributed by atoms with Gasteiger partial charge >= 0.3 is 5.97 Å². The fraction of sp³-hybridized carbons (Fsp3) is 0.500. The van der Waals surface area contributed by atoms with E-state index in [-0.39, 0.29) is 18.0 Å². The van der Waals surface area contributed by atoms with Crippen LogP contribution < -0.4 is 0 Å².